The fourth-order valence-electron chi connectivity index (χ4n) is 2.63. The molecular weight excluding hydrogens is 266 g/mol. The van der Waals surface area contributed by atoms with E-state index in [2.05, 4.69) is 14.5 Å². The van der Waals surface area contributed by atoms with Crippen LogP contribution in [0.4, 0.5) is 0 Å². The van der Waals surface area contributed by atoms with E-state index in [9.17, 15) is 4.79 Å². The van der Waals surface area contributed by atoms with Gasteiger partial charge in [-0.25, -0.2) is 4.98 Å². The number of nitrogens with one attached hydrogen (secondary N) is 1. The molecule has 0 radical (unpaired) electrons. The third kappa shape index (κ3) is 1.94. The summed E-state index contributed by atoms with van der Waals surface area (Å²) in [5, 5.41) is 0. The molecule has 1 N–H and O–H groups in total. The molecule has 5 heteroatoms. The number of rotatable bonds is 1. The lowest BCUT2D eigenvalue weighted by Gasteiger charge is -2.08. The van der Waals surface area contributed by atoms with Gasteiger partial charge in [0.15, 0.2) is 0 Å². The number of H-pyrrole nitrogens is 1. The molecule has 2 aromatic heterocycles. The first-order chi connectivity index (χ1) is 10.3. The number of hydrogen-bond acceptors (Lipinski definition) is 3. The highest BCUT2D eigenvalue weighted by atomic mass is 16.5. The summed E-state index contributed by atoms with van der Waals surface area (Å²) in [5.74, 6) is 1.67. The molecule has 0 unspecified atom stereocenters. The number of imidazole rings is 1. The van der Waals surface area contributed by atoms with Gasteiger partial charge in [0.2, 0.25) is 0 Å². The minimum atomic E-state index is -0.102. The Balaban J connectivity index is 1.93. The summed E-state index contributed by atoms with van der Waals surface area (Å²) in [7, 11) is 0. The number of hydrogen-bond donors (Lipinski definition) is 1. The lowest BCUT2D eigenvalue weighted by Crippen LogP contribution is -2.07. The van der Waals surface area contributed by atoms with Gasteiger partial charge < -0.3 is 14.3 Å². The van der Waals surface area contributed by atoms with E-state index in [4.69, 9.17) is 4.74 Å². The van der Waals surface area contributed by atoms with Crippen LogP contribution in [0.1, 0.15) is 0 Å². The van der Waals surface area contributed by atoms with Crippen LogP contribution in [0, 0.1) is 0 Å². The fraction of sp³-hybridized carbons (Fsp3) is 0.125. The predicted octanol–water partition coefficient (Wildman–Crippen LogP) is 2.30. The van der Waals surface area contributed by atoms with Gasteiger partial charge in [-0.1, -0.05) is 6.07 Å². The largest absolute Gasteiger partial charge is 0.491 e. The average Bonchev–Trinajstić information content (AvgIpc) is 2.90. The number of pyridine rings is 1. The smallest absolute Gasteiger partial charge is 0.255 e. The molecule has 21 heavy (non-hydrogen) atoms. The normalized spacial score (nSPS) is 13.0. The van der Waals surface area contributed by atoms with E-state index in [1.54, 1.807) is 12.4 Å². The highest BCUT2D eigenvalue weighted by Crippen LogP contribution is 2.34. The van der Waals surface area contributed by atoms with Gasteiger partial charge in [0.25, 0.3) is 5.56 Å². The zero-order valence-electron chi connectivity index (χ0n) is 11.2. The Labute approximate surface area is 120 Å². The Morgan fingerprint density at radius 3 is 3.10 bits per heavy atom. The maximum absolute atomic E-state index is 11.9. The maximum Gasteiger partial charge on any atom is 0.255 e. The molecule has 0 amide bonds. The van der Waals surface area contributed by atoms with Gasteiger partial charge in [-0.3, -0.25) is 4.79 Å². The molecule has 3 aromatic rings. The molecule has 0 fully saturated rings. The first kappa shape index (κ1) is 12.0. The molecule has 104 valence electrons. The van der Waals surface area contributed by atoms with Gasteiger partial charge in [-0.2, -0.15) is 0 Å². The maximum atomic E-state index is 11.9. The summed E-state index contributed by atoms with van der Waals surface area (Å²) in [6.45, 7) is 1.38. The SMILES string of the molecule is O=c1[nH]cccc1-c1ccc2c(c1)-c1nccn1CCO2. The van der Waals surface area contributed by atoms with Crippen LogP contribution in [0.25, 0.3) is 22.5 Å². The molecule has 4 rings (SSSR count). The first-order valence-electron chi connectivity index (χ1n) is 6.79. The average molecular weight is 279 g/mol. The number of ether oxygens (including phenoxy) is 1. The second kappa shape index (κ2) is 4.63. The highest BCUT2D eigenvalue weighted by Gasteiger charge is 2.17. The zero-order chi connectivity index (χ0) is 14.2. The first-order valence-corrected chi connectivity index (χ1v) is 6.79. The molecule has 5 nitrogen and oxygen atoms in total. The van der Waals surface area contributed by atoms with Crippen molar-refractivity contribution >= 4 is 0 Å². The van der Waals surface area contributed by atoms with Crippen molar-refractivity contribution in [2.45, 2.75) is 6.54 Å². The van der Waals surface area contributed by atoms with E-state index in [0.717, 1.165) is 29.2 Å². The van der Waals surface area contributed by atoms with E-state index in [1.807, 2.05) is 36.5 Å². The van der Waals surface area contributed by atoms with Gasteiger partial charge >= 0.3 is 0 Å². The van der Waals surface area contributed by atoms with Gasteiger partial charge in [0.05, 0.1) is 12.1 Å². The molecule has 1 aliphatic rings. The summed E-state index contributed by atoms with van der Waals surface area (Å²) in [6.07, 6.45) is 5.35. The third-order valence-corrected chi connectivity index (χ3v) is 3.65. The standard InChI is InChI=1S/C16H13N3O2/c20-16-12(2-1-5-18-16)11-3-4-14-13(10-11)15-17-6-7-19(15)8-9-21-14/h1-7,10H,8-9H2,(H,18,20). The third-order valence-electron chi connectivity index (χ3n) is 3.65. The number of nitrogens with zero attached hydrogens (tertiary/aromatic N) is 2. The van der Waals surface area contributed by atoms with Crippen LogP contribution in [0.2, 0.25) is 0 Å². The summed E-state index contributed by atoms with van der Waals surface area (Å²) in [5.41, 5.74) is 2.31. The minimum absolute atomic E-state index is 0.102. The Kier molecular flexibility index (Phi) is 2.64. The van der Waals surface area contributed by atoms with Crippen molar-refractivity contribution in [1.82, 2.24) is 14.5 Å². The number of benzene rings is 1. The molecule has 1 aromatic carbocycles. The molecule has 3 heterocycles. The second-order valence-corrected chi connectivity index (χ2v) is 4.92. The Morgan fingerprint density at radius 1 is 1.24 bits per heavy atom. The van der Waals surface area contributed by atoms with Crippen LogP contribution in [-0.2, 0) is 6.54 Å². The van der Waals surface area contributed by atoms with Crippen molar-refractivity contribution in [3.63, 3.8) is 0 Å². The van der Waals surface area contributed by atoms with Crippen LogP contribution >= 0.6 is 0 Å². The van der Waals surface area contributed by atoms with Crippen LogP contribution in [0.5, 0.6) is 5.75 Å². The van der Waals surface area contributed by atoms with E-state index in [1.165, 1.54) is 0 Å². The van der Waals surface area contributed by atoms with Gasteiger partial charge in [0, 0.05) is 24.2 Å². The predicted molar refractivity (Wildman–Crippen MR) is 79.2 cm³/mol. The zero-order valence-corrected chi connectivity index (χ0v) is 11.2. The highest BCUT2D eigenvalue weighted by molar-refractivity contribution is 5.74. The van der Waals surface area contributed by atoms with Crippen molar-refractivity contribution in [3.8, 4) is 28.3 Å². The Bertz CT molecular complexity index is 864. The summed E-state index contributed by atoms with van der Waals surface area (Å²) >= 11 is 0. The van der Waals surface area contributed by atoms with Crippen LogP contribution < -0.4 is 10.3 Å². The quantitative estimate of drug-likeness (QED) is 0.743. The molecule has 1 aliphatic heterocycles. The summed E-state index contributed by atoms with van der Waals surface area (Å²) < 4.78 is 7.82. The van der Waals surface area contributed by atoms with Gasteiger partial charge in [-0.15, -0.1) is 0 Å². The molecule has 0 spiro atoms. The van der Waals surface area contributed by atoms with E-state index < -0.39 is 0 Å². The molecule has 0 aliphatic carbocycles. The van der Waals surface area contributed by atoms with E-state index >= 15 is 0 Å². The minimum Gasteiger partial charge on any atom is -0.491 e. The van der Waals surface area contributed by atoms with Crippen molar-refractivity contribution in [2.75, 3.05) is 6.61 Å². The fourth-order valence-corrected chi connectivity index (χ4v) is 2.63. The lowest BCUT2D eigenvalue weighted by atomic mass is 10.0. The number of aromatic amines is 1. The van der Waals surface area contributed by atoms with Gasteiger partial charge in [0.1, 0.15) is 18.2 Å². The summed E-state index contributed by atoms with van der Waals surface area (Å²) in [4.78, 5) is 19.1. The molecule has 0 bridgehead atoms. The van der Waals surface area contributed by atoms with Crippen molar-refractivity contribution in [1.29, 1.82) is 0 Å². The number of fused-ring (bicyclic) bond motifs is 3. The van der Waals surface area contributed by atoms with Crippen LogP contribution in [0.15, 0.2) is 53.7 Å². The number of aromatic nitrogens is 3. The van der Waals surface area contributed by atoms with Crippen LogP contribution in [-0.4, -0.2) is 21.1 Å². The Morgan fingerprint density at radius 2 is 2.19 bits per heavy atom. The van der Waals surface area contributed by atoms with Crippen molar-refractivity contribution < 1.29 is 4.74 Å². The van der Waals surface area contributed by atoms with Crippen molar-refractivity contribution in [2.24, 2.45) is 0 Å². The molecule has 0 atom stereocenters. The molecule has 0 saturated carbocycles. The van der Waals surface area contributed by atoms with E-state index in [0.29, 0.717) is 12.2 Å². The van der Waals surface area contributed by atoms with Crippen LogP contribution in [0.3, 0.4) is 0 Å². The molecule has 0 saturated heterocycles. The van der Waals surface area contributed by atoms with Crippen molar-refractivity contribution in [3.05, 3.63) is 59.3 Å². The lowest BCUT2D eigenvalue weighted by molar-refractivity contribution is 0.306. The summed E-state index contributed by atoms with van der Waals surface area (Å²) in [6, 6.07) is 9.40. The van der Waals surface area contributed by atoms with E-state index in [-0.39, 0.29) is 5.56 Å². The van der Waals surface area contributed by atoms with Gasteiger partial charge in [-0.05, 0) is 29.8 Å². The monoisotopic (exact) mass is 279 g/mol. The topological polar surface area (TPSA) is 59.9 Å². The second-order valence-electron chi connectivity index (χ2n) is 4.92. The molecular formula is C16H13N3O2. The Hall–Kier alpha value is -2.82.